The van der Waals surface area contributed by atoms with Crippen LogP contribution in [0.5, 0.6) is 0 Å². The Bertz CT molecular complexity index is 613. The van der Waals surface area contributed by atoms with Crippen molar-refractivity contribution in [1.82, 2.24) is 0 Å². The second kappa shape index (κ2) is 3.50. The SMILES string of the molecule is O=C(O)C(F)(F)C1(F)C(F)(F)C2(F)C(F)=C(F)C1(F)C2(F)F. The van der Waals surface area contributed by atoms with Crippen molar-refractivity contribution in [2.45, 2.75) is 34.8 Å². The van der Waals surface area contributed by atoms with Crippen LogP contribution in [0.3, 0.4) is 0 Å². The van der Waals surface area contributed by atoms with E-state index in [1.807, 2.05) is 0 Å². The first-order valence-corrected chi connectivity index (χ1v) is 5.01. The van der Waals surface area contributed by atoms with E-state index in [0.29, 0.717) is 0 Å². The van der Waals surface area contributed by atoms with Crippen LogP contribution in [0.1, 0.15) is 0 Å². The van der Waals surface area contributed by atoms with Gasteiger partial charge in [-0.25, -0.2) is 26.7 Å². The number of carboxylic acid groups (broad SMARTS) is 1. The summed E-state index contributed by atoms with van der Waals surface area (Å²) in [6, 6.07) is 0. The van der Waals surface area contributed by atoms with Crippen LogP contribution in [0.2, 0.25) is 0 Å². The number of carbonyl (C=O) groups is 1. The third kappa shape index (κ3) is 1.01. The van der Waals surface area contributed by atoms with Gasteiger partial charge in [0.1, 0.15) is 0 Å². The molecule has 0 heterocycles. The maximum absolute atomic E-state index is 13.9. The van der Waals surface area contributed by atoms with Gasteiger partial charge in [0.15, 0.2) is 11.7 Å². The molecule has 0 radical (unpaired) electrons. The monoisotopic (exact) mass is 350 g/mol. The van der Waals surface area contributed by atoms with Crippen LogP contribution in [0, 0.1) is 0 Å². The lowest BCUT2D eigenvalue weighted by atomic mass is 9.77. The quantitative estimate of drug-likeness (QED) is 0.777. The summed E-state index contributed by atoms with van der Waals surface area (Å²) in [6.07, 6.45) is 0. The van der Waals surface area contributed by atoms with Crippen LogP contribution in [0.15, 0.2) is 11.7 Å². The Kier molecular flexibility index (Phi) is 2.68. The van der Waals surface area contributed by atoms with E-state index >= 15 is 0 Å². The number of halogens is 11. The minimum Gasteiger partial charge on any atom is -0.477 e. The summed E-state index contributed by atoms with van der Waals surface area (Å²) >= 11 is 0. The Labute approximate surface area is 112 Å². The molecule has 0 amide bonds. The van der Waals surface area contributed by atoms with Gasteiger partial charge >= 0.3 is 23.7 Å². The summed E-state index contributed by atoms with van der Waals surface area (Å²) in [5, 5.41) is 7.96. The average molecular weight is 350 g/mol. The zero-order valence-electron chi connectivity index (χ0n) is 9.51. The molecule has 0 saturated heterocycles. The van der Waals surface area contributed by atoms with Crippen molar-refractivity contribution in [1.29, 1.82) is 0 Å². The second-order valence-corrected chi connectivity index (χ2v) is 4.63. The van der Waals surface area contributed by atoms with Crippen LogP contribution >= 0.6 is 0 Å². The maximum Gasteiger partial charge on any atom is 0.385 e. The molecule has 0 spiro atoms. The highest BCUT2D eigenvalue weighted by Crippen LogP contribution is 2.79. The Balaban J connectivity index is 3.01. The number of allylic oxidation sites excluding steroid dienone is 2. The number of hydrogen-bond donors (Lipinski definition) is 1. The summed E-state index contributed by atoms with van der Waals surface area (Å²) in [7, 11) is 0. The van der Waals surface area contributed by atoms with Crippen molar-refractivity contribution in [3.63, 3.8) is 0 Å². The van der Waals surface area contributed by atoms with Crippen LogP contribution < -0.4 is 0 Å². The summed E-state index contributed by atoms with van der Waals surface area (Å²) in [5.41, 5.74) is -19.9. The number of carboxylic acids is 1. The van der Waals surface area contributed by atoms with Crippen molar-refractivity contribution >= 4 is 5.97 Å². The second-order valence-electron chi connectivity index (χ2n) is 4.63. The largest absolute Gasteiger partial charge is 0.477 e. The van der Waals surface area contributed by atoms with Crippen LogP contribution in [0.4, 0.5) is 48.3 Å². The zero-order chi connectivity index (χ0) is 17.7. The number of aliphatic carboxylic acids is 1. The fourth-order valence-electron chi connectivity index (χ4n) is 2.53. The minimum atomic E-state index is -6.94. The molecule has 2 rings (SSSR count). The molecule has 126 valence electrons. The molecule has 3 unspecified atom stereocenters. The highest BCUT2D eigenvalue weighted by atomic mass is 19.3. The molecule has 2 bridgehead atoms. The van der Waals surface area contributed by atoms with Gasteiger partial charge in [-0.15, -0.1) is 0 Å². The third-order valence-electron chi connectivity index (χ3n) is 3.70. The van der Waals surface area contributed by atoms with E-state index in [1.165, 1.54) is 0 Å². The van der Waals surface area contributed by atoms with Gasteiger partial charge in [-0.3, -0.25) is 0 Å². The molecular formula is C9HF11O2. The van der Waals surface area contributed by atoms with E-state index in [-0.39, 0.29) is 0 Å². The first-order valence-electron chi connectivity index (χ1n) is 5.01. The van der Waals surface area contributed by atoms with Gasteiger partial charge in [0.05, 0.1) is 0 Å². The maximum atomic E-state index is 13.9. The van der Waals surface area contributed by atoms with Gasteiger partial charge in [0, 0.05) is 0 Å². The molecule has 0 aromatic heterocycles. The molecule has 2 aliphatic rings. The van der Waals surface area contributed by atoms with Gasteiger partial charge in [-0.1, -0.05) is 0 Å². The van der Waals surface area contributed by atoms with E-state index in [1.54, 1.807) is 0 Å². The van der Waals surface area contributed by atoms with Gasteiger partial charge in [0.2, 0.25) is 0 Å². The number of rotatable bonds is 2. The predicted octanol–water partition coefficient (Wildman–Crippen LogP) is 3.28. The van der Waals surface area contributed by atoms with Crippen molar-refractivity contribution in [3.8, 4) is 0 Å². The van der Waals surface area contributed by atoms with Gasteiger partial charge in [-0.05, 0) is 0 Å². The summed E-state index contributed by atoms with van der Waals surface area (Å²) in [5.74, 6) is -32.0. The standard InChI is InChI=1S/C9HF11O2/c10-1-2(11)5(13)8(17,18)4(1,12)7(16,9(5,19)20)6(14,15)3(21)22/h(H,21,22). The van der Waals surface area contributed by atoms with E-state index < -0.39 is 52.4 Å². The van der Waals surface area contributed by atoms with Crippen molar-refractivity contribution < 1.29 is 58.2 Å². The van der Waals surface area contributed by atoms with E-state index in [9.17, 15) is 53.1 Å². The van der Waals surface area contributed by atoms with Crippen molar-refractivity contribution in [2.24, 2.45) is 0 Å². The number of fused-ring (bicyclic) bond motifs is 2. The van der Waals surface area contributed by atoms with Crippen molar-refractivity contribution in [3.05, 3.63) is 11.7 Å². The molecule has 1 saturated carbocycles. The summed E-state index contributed by atoms with van der Waals surface area (Å²) in [6.45, 7) is 0. The lowest BCUT2D eigenvalue weighted by molar-refractivity contribution is -0.287. The average Bonchev–Trinajstić information content (AvgIpc) is 2.53. The molecule has 13 heteroatoms. The zero-order valence-corrected chi connectivity index (χ0v) is 9.51. The molecule has 3 atom stereocenters. The lowest BCUT2D eigenvalue weighted by Gasteiger charge is -2.40. The van der Waals surface area contributed by atoms with Gasteiger partial charge in [-0.2, -0.15) is 26.3 Å². The smallest absolute Gasteiger partial charge is 0.385 e. The fraction of sp³-hybridized carbons (Fsp3) is 0.667. The minimum absolute atomic E-state index is 3.82. The summed E-state index contributed by atoms with van der Waals surface area (Å²) in [4.78, 5) is 10.1. The van der Waals surface area contributed by atoms with Gasteiger partial charge < -0.3 is 5.11 Å². The van der Waals surface area contributed by atoms with Crippen LogP contribution in [-0.4, -0.2) is 45.8 Å². The molecular weight excluding hydrogens is 349 g/mol. The van der Waals surface area contributed by atoms with E-state index in [2.05, 4.69) is 0 Å². The first kappa shape index (κ1) is 16.8. The molecule has 22 heavy (non-hydrogen) atoms. The molecule has 1 fully saturated rings. The molecule has 0 aromatic carbocycles. The Hall–Kier alpha value is -1.56. The predicted molar refractivity (Wildman–Crippen MR) is 43.2 cm³/mol. The fourth-order valence-corrected chi connectivity index (χ4v) is 2.53. The molecule has 0 aromatic rings. The lowest BCUT2D eigenvalue weighted by Crippen LogP contribution is -2.71. The molecule has 2 aliphatic carbocycles. The number of alkyl halides is 9. The Morgan fingerprint density at radius 3 is 1.50 bits per heavy atom. The Morgan fingerprint density at radius 1 is 0.818 bits per heavy atom. The van der Waals surface area contributed by atoms with Crippen LogP contribution in [-0.2, 0) is 4.79 Å². The van der Waals surface area contributed by atoms with Gasteiger partial charge in [0.25, 0.3) is 17.0 Å². The highest BCUT2D eigenvalue weighted by molar-refractivity contribution is 5.80. The molecule has 0 aliphatic heterocycles. The summed E-state index contributed by atoms with van der Waals surface area (Å²) < 4.78 is 147. The first-order chi connectivity index (χ1) is 9.51. The van der Waals surface area contributed by atoms with Crippen molar-refractivity contribution in [2.75, 3.05) is 0 Å². The van der Waals surface area contributed by atoms with E-state index in [4.69, 9.17) is 5.11 Å². The molecule has 1 N–H and O–H groups in total. The van der Waals surface area contributed by atoms with Crippen LogP contribution in [0.25, 0.3) is 0 Å². The number of hydrogen-bond acceptors (Lipinski definition) is 1. The van der Waals surface area contributed by atoms with E-state index in [0.717, 1.165) is 0 Å². The molecule has 2 nitrogen and oxygen atoms in total. The topological polar surface area (TPSA) is 37.3 Å². The normalized spacial score (nSPS) is 42.9. The Morgan fingerprint density at radius 2 is 1.18 bits per heavy atom. The highest BCUT2D eigenvalue weighted by Gasteiger charge is 3.09. The third-order valence-corrected chi connectivity index (χ3v) is 3.70.